The molecule has 0 heterocycles. The molecule has 2 aliphatic carbocycles. The second kappa shape index (κ2) is 11.6. The zero-order chi connectivity index (χ0) is 21.0. The molecule has 5 nitrogen and oxygen atoms in total. The van der Waals surface area contributed by atoms with Crippen LogP contribution >= 0.6 is 0 Å². The number of ether oxygens (including phenoxy) is 1. The Bertz CT molecular complexity index is 944. The van der Waals surface area contributed by atoms with Crippen molar-refractivity contribution < 1.29 is 4.74 Å². The zero-order valence-corrected chi connectivity index (χ0v) is 17.6. The largest absolute Gasteiger partial charge is 0.498 e. The molecule has 1 aromatic carbocycles. The van der Waals surface area contributed by atoms with Crippen molar-refractivity contribution in [2.24, 2.45) is 20.5 Å². The van der Waals surface area contributed by atoms with Crippen LogP contribution in [-0.4, -0.2) is 12.6 Å². The van der Waals surface area contributed by atoms with Crippen LogP contribution in [0.2, 0.25) is 0 Å². The van der Waals surface area contributed by atoms with E-state index in [1.807, 2.05) is 72.9 Å². The van der Waals surface area contributed by atoms with Gasteiger partial charge in [-0.15, -0.1) is 0 Å². The average Bonchev–Trinajstić information content (AvgIpc) is 2.97. The summed E-state index contributed by atoms with van der Waals surface area (Å²) >= 11 is 0. The van der Waals surface area contributed by atoms with Gasteiger partial charge in [0.2, 0.25) is 0 Å². The minimum atomic E-state index is -0.0771. The topological polar surface area (TPSA) is 58.7 Å². The van der Waals surface area contributed by atoms with Gasteiger partial charge in [0.15, 0.2) is 0 Å². The molecule has 0 amide bonds. The van der Waals surface area contributed by atoms with Crippen molar-refractivity contribution in [3.63, 3.8) is 0 Å². The molecule has 30 heavy (non-hydrogen) atoms. The molecule has 2 aliphatic rings. The van der Waals surface area contributed by atoms with E-state index in [2.05, 4.69) is 40.4 Å². The second-order valence-electron chi connectivity index (χ2n) is 7.10. The fourth-order valence-electron chi connectivity index (χ4n) is 2.76. The maximum Gasteiger partial charge on any atom is 0.108 e. The lowest BCUT2D eigenvalue weighted by Crippen LogP contribution is -1.98. The first kappa shape index (κ1) is 21.4. The summed E-state index contributed by atoms with van der Waals surface area (Å²) in [6.45, 7) is 4.91. The molecule has 0 saturated heterocycles. The van der Waals surface area contributed by atoms with Crippen molar-refractivity contribution in [2.45, 2.75) is 39.2 Å². The van der Waals surface area contributed by atoms with Crippen molar-refractivity contribution in [3.8, 4) is 0 Å². The van der Waals surface area contributed by atoms with Crippen molar-refractivity contribution in [1.29, 1.82) is 0 Å². The summed E-state index contributed by atoms with van der Waals surface area (Å²) in [5, 5.41) is 17.5. The third-order valence-corrected chi connectivity index (χ3v) is 4.43. The number of rotatable bonds is 7. The summed E-state index contributed by atoms with van der Waals surface area (Å²) in [5.74, 6) is 0.980. The Morgan fingerprint density at radius 3 is 2.63 bits per heavy atom. The molecule has 5 heteroatoms. The molecule has 3 rings (SSSR count). The Hall–Kier alpha value is -3.34. The smallest absolute Gasteiger partial charge is 0.108 e. The lowest BCUT2D eigenvalue weighted by Gasteiger charge is -2.09. The maximum absolute atomic E-state index is 5.70. The van der Waals surface area contributed by atoms with Crippen LogP contribution in [0.25, 0.3) is 0 Å². The molecule has 0 radical (unpaired) electrons. The van der Waals surface area contributed by atoms with Crippen molar-refractivity contribution in [1.82, 2.24) is 0 Å². The molecule has 0 aromatic heterocycles. The fourth-order valence-corrected chi connectivity index (χ4v) is 2.76. The zero-order valence-electron chi connectivity index (χ0n) is 17.6. The van der Waals surface area contributed by atoms with Crippen LogP contribution in [0.5, 0.6) is 0 Å². The number of nitrogens with zero attached hydrogens (tertiary/aromatic N) is 4. The van der Waals surface area contributed by atoms with Crippen LogP contribution in [0.15, 0.2) is 117 Å². The number of benzene rings is 1. The summed E-state index contributed by atoms with van der Waals surface area (Å²) in [6, 6.07) is 7.89. The molecular weight excluding hydrogens is 372 g/mol. The van der Waals surface area contributed by atoms with Gasteiger partial charge in [0, 0.05) is 12.8 Å². The standard InChI is InChI=1S/C25H28N4O/c1-3-19-30-25-11-5-9-21(10-6-12-25)26-27-22-7-4-8-23(18-17-22)28-29-24-15-13-20(2)14-16-24/h4-6,8-11,13-18,21H,3,7,12,19H2,1-2H3/b9-5?,10-6-,25-11+,27-26?,29-28?. The average molecular weight is 401 g/mol. The van der Waals surface area contributed by atoms with Crippen molar-refractivity contribution in [2.75, 3.05) is 6.61 Å². The van der Waals surface area contributed by atoms with Crippen LogP contribution in [-0.2, 0) is 4.74 Å². The van der Waals surface area contributed by atoms with E-state index < -0.39 is 0 Å². The highest BCUT2D eigenvalue weighted by Gasteiger charge is 2.03. The van der Waals surface area contributed by atoms with Gasteiger partial charge in [-0.25, -0.2) is 0 Å². The van der Waals surface area contributed by atoms with Crippen molar-refractivity contribution in [3.05, 3.63) is 102 Å². The number of allylic oxidation sites excluding steroid dienone is 7. The van der Waals surface area contributed by atoms with Gasteiger partial charge in [-0.1, -0.05) is 55.0 Å². The minimum Gasteiger partial charge on any atom is -0.498 e. The van der Waals surface area contributed by atoms with Gasteiger partial charge in [-0.2, -0.15) is 20.5 Å². The first-order valence-corrected chi connectivity index (χ1v) is 10.4. The molecule has 1 aromatic rings. The highest BCUT2D eigenvalue weighted by molar-refractivity contribution is 5.38. The van der Waals surface area contributed by atoms with Crippen LogP contribution in [0.1, 0.15) is 31.7 Å². The second-order valence-corrected chi connectivity index (χ2v) is 7.10. The van der Waals surface area contributed by atoms with E-state index in [-0.39, 0.29) is 6.04 Å². The Morgan fingerprint density at radius 2 is 1.80 bits per heavy atom. The molecule has 0 spiro atoms. The molecule has 0 fully saturated rings. The third-order valence-electron chi connectivity index (χ3n) is 4.43. The first-order chi connectivity index (χ1) is 14.7. The molecule has 0 N–H and O–H groups in total. The Labute approximate surface area is 178 Å². The lowest BCUT2D eigenvalue weighted by molar-refractivity contribution is 0.208. The van der Waals surface area contributed by atoms with Crippen LogP contribution in [0.4, 0.5) is 5.69 Å². The van der Waals surface area contributed by atoms with E-state index in [4.69, 9.17) is 4.74 Å². The first-order valence-electron chi connectivity index (χ1n) is 10.4. The van der Waals surface area contributed by atoms with Gasteiger partial charge in [-0.3, -0.25) is 0 Å². The van der Waals surface area contributed by atoms with Gasteiger partial charge in [-0.05, 0) is 49.8 Å². The lowest BCUT2D eigenvalue weighted by atomic mass is 10.1. The van der Waals surface area contributed by atoms with E-state index in [9.17, 15) is 0 Å². The third kappa shape index (κ3) is 7.24. The summed E-state index contributed by atoms with van der Waals surface area (Å²) < 4.78 is 5.70. The minimum absolute atomic E-state index is 0.0771. The van der Waals surface area contributed by atoms with E-state index in [0.29, 0.717) is 6.42 Å². The van der Waals surface area contributed by atoms with Crippen LogP contribution in [0.3, 0.4) is 0 Å². The Balaban J connectivity index is 1.61. The SMILES string of the molecule is CCCO/C1=C/C=CC(N=NC2=CC=C(N=Nc3ccc(C)cc3)C=CC2)/C=C\C1. The summed E-state index contributed by atoms with van der Waals surface area (Å²) in [6.07, 6.45) is 20.5. The van der Waals surface area contributed by atoms with E-state index >= 15 is 0 Å². The van der Waals surface area contributed by atoms with E-state index in [1.54, 1.807) is 0 Å². The molecular formula is C25H28N4O. The molecule has 154 valence electrons. The predicted molar refractivity (Wildman–Crippen MR) is 121 cm³/mol. The van der Waals surface area contributed by atoms with Gasteiger partial charge in [0.1, 0.15) is 6.04 Å². The molecule has 1 atom stereocenters. The van der Waals surface area contributed by atoms with Gasteiger partial charge < -0.3 is 4.74 Å². The maximum atomic E-state index is 5.70. The van der Waals surface area contributed by atoms with E-state index in [1.165, 1.54) is 5.56 Å². The molecule has 0 aliphatic heterocycles. The van der Waals surface area contributed by atoms with Crippen LogP contribution in [0, 0.1) is 6.92 Å². The normalized spacial score (nSPS) is 22.1. The number of hydrogen-bond acceptors (Lipinski definition) is 5. The van der Waals surface area contributed by atoms with Gasteiger partial charge in [0.05, 0.1) is 29.4 Å². The summed E-state index contributed by atoms with van der Waals surface area (Å²) in [7, 11) is 0. The molecule has 0 saturated carbocycles. The highest BCUT2D eigenvalue weighted by Crippen LogP contribution is 2.19. The quantitative estimate of drug-likeness (QED) is 0.346. The Kier molecular flexibility index (Phi) is 8.27. The predicted octanol–water partition coefficient (Wildman–Crippen LogP) is 7.45. The Morgan fingerprint density at radius 1 is 0.933 bits per heavy atom. The van der Waals surface area contributed by atoms with E-state index in [0.717, 1.165) is 42.3 Å². The van der Waals surface area contributed by atoms with Crippen molar-refractivity contribution >= 4 is 5.69 Å². The number of azo groups is 2. The monoisotopic (exact) mass is 400 g/mol. The molecule has 1 unspecified atom stereocenters. The fraction of sp³-hybridized carbons (Fsp3) is 0.280. The summed E-state index contributed by atoms with van der Waals surface area (Å²) in [4.78, 5) is 0. The van der Waals surface area contributed by atoms with Gasteiger partial charge in [0.25, 0.3) is 0 Å². The summed E-state index contributed by atoms with van der Waals surface area (Å²) in [5.41, 5.74) is 3.72. The highest BCUT2D eigenvalue weighted by atomic mass is 16.5. The number of aryl methyl sites for hydroxylation is 1. The van der Waals surface area contributed by atoms with Crippen LogP contribution < -0.4 is 0 Å². The number of hydrogen-bond donors (Lipinski definition) is 0. The van der Waals surface area contributed by atoms with Gasteiger partial charge >= 0.3 is 0 Å². The molecule has 0 bridgehead atoms.